The Balaban J connectivity index is 2.16. The van der Waals surface area contributed by atoms with E-state index in [1.807, 2.05) is 13.8 Å². The standard InChI is InChI=1S/C14H24N2O3/c1-9(2)11-13(18)16(10(3)12(17)15-11)8-14(19-4)6-5-7-14/h9-11H,5-8H2,1-4H3,(H,15,17). The van der Waals surface area contributed by atoms with Crippen LogP contribution in [-0.4, -0.2) is 48.1 Å². The molecule has 19 heavy (non-hydrogen) atoms. The largest absolute Gasteiger partial charge is 0.376 e. The lowest BCUT2D eigenvalue weighted by atomic mass is 9.79. The van der Waals surface area contributed by atoms with Crippen molar-refractivity contribution in [3.05, 3.63) is 0 Å². The summed E-state index contributed by atoms with van der Waals surface area (Å²) in [5.74, 6) is 0.0561. The maximum atomic E-state index is 12.5. The van der Waals surface area contributed by atoms with Gasteiger partial charge in [0.25, 0.3) is 0 Å². The second-order valence-electron chi connectivity index (χ2n) is 6.11. The molecule has 1 aliphatic carbocycles. The van der Waals surface area contributed by atoms with Gasteiger partial charge in [0.2, 0.25) is 11.8 Å². The lowest BCUT2D eigenvalue weighted by molar-refractivity contribution is -0.159. The van der Waals surface area contributed by atoms with E-state index in [2.05, 4.69) is 5.32 Å². The molecule has 1 aliphatic heterocycles. The van der Waals surface area contributed by atoms with Gasteiger partial charge in [0.15, 0.2) is 0 Å². The molecule has 5 heteroatoms. The van der Waals surface area contributed by atoms with Crippen LogP contribution >= 0.6 is 0 Å². The average molecular weight is 268 g/mol. The second kappa shape index (κ2) is 5.12. The van der Waals surface area contributed by atoms with E-state index in [0.29, 0.717) is 6.54 Å². The van der Waals surface area contributed by atoms with E-state index in [1.54, 1.807) is 18.9 Å². The van der Waals surface area contributed by atoms with Crippen LogP contribution in [0.1, 0.15) is 40.0 Å². The van der Waals surface area contributed by atoms with Crippen LogP contribution in [0, 0.1) is 5.92 Å². The van der Waals surface area contributed by atoms with Crippen LogP contribution in [0.15, 0.2) is 0 Å². The maximum Gasteiger partial charge on any atom is 0.246 e. The van der Waals surface area contributed by atoms with Gasteiger partial charge in [-0.3, -0.25) is 9.59 Å². The van der Waals surface area contributed by atoms with Gasteiger partial charge in [-0.25, -0.2) is 0 Å². The Morgan fingerprint density at radius 3 is 2.47 bits per heavy atom. The highest BCUT2D eigenvalue weighted by atomic mass is 16.5. The van der Waals surface area contributed by atoms with Crippen molar-refractivity contribution in [1.29, 1.82) is 0 Å². The third-order valence-electron chi connectivity index (χ3n) is 4.52. The zero-order chi connectivity index (χ0) is 14.2. The first kappa shape index (κ1) is 14.3. The van der Waals surface area contributed by atoms with Crippen LogP contribution < -0.4 is 5.32 Å². The van der Waals surface area contributed by atoms with E-state index in [0.717, 1.165) is 19.3 Å². The highest BCUT2D eigenvalue weighted by Gasteiger charge is 2.46. The van der Waals surface area contributed by atoms with Crippen molar-refractivity contribution in [2.75, 3.05) is 13.7 Å². The predicted molar refractivity (Wildman–Crippen MR) is 71.5 cm³/mol. The Labute approximate surface area is 114 Å². The van der Waals surface area contributed by atoms with Crippen molar-refractivity contribution in [2.45, 2.75) is 57.7 Å². The van der Waals surface area contributed by atoms with Gasteiger partial charge >= 0.3 is 0 Å². The minimum Gasteiger partial charge on any atom is -0.376 e. The summed E-state index contributed by atoms with van der Waals surface area (Å²) in [7, 11) is 1.69. The summed E-state index contributed by atoms with van der Waals surface area (Å²) in [6.45, 7) is 6.21. The maximum absolute atomic E-state index is 12.5. The molecule has 1 heterocycles. The molecule has 2 rings (SSSR count). The molecule has 2 fully saturated rings. The average Bonchev–Trinajstić information content (AvgIpc) is 2.32. The normalized spacial score (nSPS) is 30.3. The summed E-state index contributed by atoms with van der Waals surface area (Å²) in [6.07, 6.45) is 3.06. The highest BCUT2D eigenvalue weighted by molar-refractivity contribution is 5.96. The molecule has 1 saturated carbocycles. The summed E-state index contributed by atoms with van der Waals surface area (Å²) >= 11 is 0. The van der Waals surface area contributed by atoms with Crippen LogP contribution in [0.3, 0.4) is 0 Å². The number of piperazine rings is 1. The molecule has 2 unspecified atom stereocenters. The summed E-state index contributed by atoms with van der Waals surface area (Å²) in [5, 5.41) is 2.81. The van der Waals surface area contributed by atoms with Gasteiger partial charge in [0.1, 0.15) is 12.1 Å². The number of amides is 2. The molecule has 0 aromatic rings. The molecular formula is C14H24N2O3. The molecule has 0 radical (unpaired) electrons. The van der Waals surface area contributed by atoms with Gasteiger partial charge in [0.05, 0.1) is 12.1 Å². The number of ether oxygens (including phenoxy) is 1. The first-order chi connectivity index (χ1) is 8.90. The van der Waals surface area contributed by atoms with Gasteiger partial charge < -0.3 is 15.0 Å². The third-order valence-corrected chi connectivity index (χ3v) is 4.52. The Bertz CT molecular complexity index is 371. The van der Waals surface area contributed by atoms with Crippen molar-refractivity contribution < 1.29 is 14.3 Å². The number of nitrogens with zero attached hydrogens (tertiary/aromatic N) is 1. The molecule has 1 N–H and O–H groups in total. The van der Waals surface area contributed by atoms with E-state index in [-0.39, 0.29) is 23.3 Å². The van der Waals surface area contributed by atoms with E-state index in [1.165, 1.54) is 0 Å². The van der Waals surface area contributed by atoms with Gasteiger partial charge in [-0.15, -0.1) is 0 Å². The quantitative estimate of drug-likeness (QED) is 0.825. The van der Waals surface area contributed by atoms with Gasteiger partial charge in [-0.05, 0) is 32.1 Å². The molecule has 5 nitrogen and oxygen atoms in total. The molecular weight excluding hydrogens is 244 g/mol. The molecule has 0 spiro atoms. The summed E-state index contributed by atoms with van der Waals surface area (Å²) in [6, 6.07) is -0.812. The van der Waals surface area contributed by atoms with E-state index in [4.69, 9.17) is 4.74 Å². The molecule has 108 valence electrons. The van der Waals surface area contributed by atoms with Crippen molar-refractivity contribution in [1.82, 2.24) is 10.2 Å². The van der Waals surface area contributed by atoms with Gasteiger partial charge in [-0.1, -0.05) is 13.8 Å². The van der Waals surface area contributed by atoms with Gasteiger partial charge in [-0.2, -0.15) is 0 Å². The van der Waals surface area contributed by atoms with Crippen molar-refractivity contribution in [3.8, 4) is 0 Å². The summed E-state index contributed by atoms with van der Waals surface area (Å²) in [5.41, 5.74) is -0.233. The smallest absolute Gasteiger partial charge is 0.246 e. The Morgan fingerprint density at radius 1 is 1.42 bits per heavy atom. The fraction of sp³-hybridized carbons (Fsp3) is 0.857. The number of rotatable bonds is 4. The lowest BCUT2D eigenvalue weighted by Crippen LogP contribution is -2.66. The summed E-state index contributed by atoms with van der Waals surface area (Å²) in [4.78, 5) is 26.2. The molecule has 0 aromatic carbocycles. The molecule has 2 atom stereocenters. The first-order valence-electron chi connectivity index (χ1n) is 7.06. The Kier molecular flexibility index (Phi) is 3.85. The molecule has 2 amide bonds. The van der Waals surface area contributed by atoms with Gasteiger partial charge in [0, 0.05) is 7.11 Å². The monoisotopic (exact) mass is 268 g/mol. The SMILES string of the molecule is COC1(CN2C(=O)C(C(C)C)NC(=O)C2C)CCC1. The number of carbonyl (C=O) groups is 2. The van der Waals surface area contributed by atoms with Crippen molar-refractivity contribution in [2.24, 2.45) is 5.92 Å². The third kappa shape index (κ3) is 2.48. The lowest BCUT2D eigenvalue weighted by Gasteiger charge is -2.47. The predicted octanol–water partition coefficient (Wildman–Crippen LogP) is 0.927. The van der Waals surface area contributed by atoms with E-state index in [9.17, 15) is 9.59 Å². The number of carbonyl (C=O) groups excluding carboxylic acids is 2. The van der Waals surface area contributed by atoms with Crippen LogP contribution in [0.2, 0.25) is 0 Å². The zero-order valence-corrected chi connectivity index (χ0v) is 12.2. The molecule has 0 aromatic heterocycles. The Morgan fingerprint density at radius 2 is 2.05 bits per heavy atom. The van der Waals surface area contributed by atoms with Crippen LogP contribution in [0.5, 0.6) is 0 Å². The number of hydrogen-bond donors (Lipinski definition) is 1. The van der Waals surface area contributed by atoms with Crippen molar-refractivity contribution in [3.63, 3.8) is 0 Å². The number of hydrogen-bond acceptors (Lipinski definition) is 3. The van der Waals surface area contributed by atoms with E-state index < -0.39 is 12.1 Å². The second-order valence-corrected chi connectivity index (χ2v) is 6.11. The van der Waals surface area contributed by atoms with Crippen molar-refractivity contribution >= 4 is 11.8 Å². The topological polar surface area (TPSA) is 58.6 Å². The minimum atomic E-state index is -0.407. The fourth-order valence-electron chi connectivity index (χ4n) is 2.82. The van der Waals surface area contributed by atoms with E-state index >= 15 is 0 Å². The minimum absolute atomic E-state index is 0.0189. The molecule has 2 aliphatic rings. The Hall–Kier alpha value is -1.10. The van der Waals surface area contributed by atoms with Crippen LogP contribution in [-0.2, 0) is 14.3 Å². The molecule has 1 saturated heterocycles. The number of nitrogens with one attached hydrogen (secondary N) is 1. The number of methoxy groups -OCH3 is 1. The van der Waals surface area contributed by atoms with Crippen LogP contribution in [0.4, 0.5) is 0 Å². The molecule has 0 bridgehead atoms. The van der Waals surface area contributed by atoms with Crippen LogP contribution in [0.25, 0.3) is 0 Å². The fourth-order valence-corrected chi connectivity index (χ4v) is 2.82. The summed E-state index contributed by atoms with van der Waals surface area (Å²) < 4.78 is 5.58. The zero-order valence-electron chi connectivity index (χ0n) is 12.2. The highest BCUT2D eigenvalue weighted by Crippen LogP contribution is 2.36. The first-order valence-corrected chi connectivity index (χ1v) is 7.06.